The lowest BCUT2D eigenvalue weighted by Gasteiger charge is -2.41. The molecular formula is C13H15NO3. The number of nitrogens with two attached hydrogens (primary N) is 1. The Morgan fingerprint density at radius 2 is 2.06 bits per heavy atom. The van der Waals surface area contributed by atoms with Gasteiger partial charge in [-0.05, 0) is 18.4 Å². The molecule has 1 aliphatic carbocycles. The molecule has 3 N–H and O–H groups in total. The van der Waals surface area contributed by atoms with Crippen molar-refractivity contribution in [1.29, 1.82) is 0 Å². The molecule has 0 aromatic heterocycles. The number of carboxylic acid groups (broad SMARTS) is 1. The summed E-state index contributed by atoms with van der Waals surface area (Å²) in [7, 11) is 0. The Hall–Kier alpha value is -1.39. The number of rotatable bonds is 3. The molecule has 1 atom stereocenters. The highest BCUT2D eigenvalue weighted by molar-refractivity contribution is 5.79. The molecule has 1 saturated carbocycles. The van der Waals surface area contributed by atoms with Crippen LogP contribution in [0.25, 0.3) is 0 Å². The Morgan fingerprint density at radius 3 is 2.59 bits per heavy atom. The monoisotopic (exact) mass is 233 g/mol. The third kappa shape index (κ3) is 1.28. The van der Waals surface area contributed by atoms with Crippen molar-refractivity contribution in [2.75, 3.05) is 6.54 Å². The zero-order valence-electron chi connectivity index (χ0n) is 9.43. The molecule has 0 amide bonds. The number of hydrogen-bond acceptors (Lipinski definition) is 3. The average molecular weight is 233 g/mol. The van der Waals surface area contributed by atoms with Gasteiger partial charge in [-0.15, -0.1) is 0 Å². The summed E-state index contributed by atoms with van der Waals surface area (Å²) in [6, 6.07) is 9.55. The standard InChI is InChI=1S/C13H15NO3/c14-8-12-6-13(7-12,11(15)16)10(17-12)9-4-2-1-3-5-9/h1-5,10H,6-8,14H2,(H,15,16). The van der Waals surface area contributed by atoms with Crippen LogP contribution in [0, 0.1) is 5.41 Å². The van der Waals surface area contributed by atoms with E-state index < -0.39 is 17.0 Å². The van der Waals surface area contributed by atoms with E-state index in [1.54, 1.807) is 0 Å². The van der Waals surface area contributed by atoms with E-state index in [0.29, 0.717) is 19.4 Å². The average Bonchev–Trinajstić information content (AvgIpc) is 2.81. The lowest BCUT2D eigenvalue weighted by atomic mass is 9.59. The van der Waals surface area contributed by atoms with E-state index in [0.717, 1.165) is 5.56 Å². The summed E-state index contributed by atoms with van der Waals surface area (Å²) in [5.74, 6) is -0.770. The molecular weight excluding hydrogens is 218 g/mol. The van der Waals surface area contributed by atoms with E-state index in [2.05, 4.69) is 0 Å². The molecule has 3 fully saturated rings. The van der Waals surface area contributed by atoms with Crippen molar-refractivity contribution < 1.29 is 14.6 Å². The molecule has 0 spiro atoms. The van der Waals surface area contributed by atoms with Crippen LogP contribution in [0.2, 0.25) is 0 Å². The van der Waals surface area contributed by atoms with Crippen LogP contribution in [-0.4, -0.2) is 23.2 Å². The number of carboxylic acids is 1. The maximum absolute atomic E-state index is 11.5. The molecule has 3 aliphatic rings. The molecule has 2 saturated heterocycles. The summed E-state index contributed by atoms with van der Waals surface area (Å²) < 4.78 is 5.92. The number of ether oxygens (including phenoxy) is 1. The van der Waals surface area contributed by atoms with E-state index >= 15 is 0 Å². The molecule has 2 bridgehead atoms. The summed E-state index contributed by atoms with van der Waals surface area (Å²) >= 11 is 0. The molecule has 2 aliphatic heterocycles. The highest BCUT2D eigenvalue weighted by Crippen LogP contribution is 2.66. The largest absolute Gasteiger partial charge is 0.481 e. The topological polar surface area (TPSA) is 72.6 Å². The second kappa shape index (κ2) is 3.31. The fourth-order valence-electron chi connectivity index (χ4n) is 3.20. The summed E-state index contributed by atoms with van der Waals surface area (Å²) in [5, 5.41) is 9.43. The van der Waals surface area contributed by atoms with Gasteiger partial charge in [0, 0.05) is 6.54 Å². The third-order valence-corrected chi connectivity index (χ3v) is 4.05. The number of benzene rings is 1. The Labute approximate surface area is 99.4 Å². The van der Waals surface area contributed by atoms with Crippen molar-refractivity contribution >= 4 is 5.97 Å². The van der Waals surface area contributed by atoms with Crippen LogP contribution in [0.5, 0.6) is 0 Å². The molecule has 4 nitrogen and oxygen atoms in total. The van der Waals surface area contributed by atoms with Crippen LogP contribution < -0.4 is 5.73 Å². The van der Waals surface area contributed by atoms with Gasteiger partial charge in [-0.25, -0.2) is 0 Å². The predicted octanol–water partition coefficient (Wildman–Crippen LogP) is 1.32. The van der Waals surface area contributed by atoms with E-state index in [9.17, 15) is 9.90 Å². The normalized spacial score (nSPS) is 38.8. The third-order valence-electron chi connectivity index (χ3n) is 4.05. The second-order valence-corrected chi connectivity index (χ2v) is 5.11. The van der Waals surface area contributed by atoms with Gasteiger partial charge in [-0.1, -0.05) is 30.3 Å². The predicted molar refractivity (Wildman–Crippen MR) is 61.4 cm³/mol. The summed E-state index contributed by atoms with van der Waals surface area (Å²) in [5.41, 5.74) is 5.45. The molecule has 0 radical (unpaired) electrons. The van der Waals surface area contributed by atoms with E-state index in [-0.39, 0.29) is 6.10 Å². The van der Waals surface area contributed by atoms with Gasteiger partial charge in [-0.2, -0.15) is 0 Å². The first-order valence-corrected chi connectivity index (χ1v) is 5.78. The van der Waals surface area contributed by atoms with Crippen LogP contribution in [0.3, 0.4) is 0 Å². The van der Waals surface area contributed by atoms with Crippen molar-refractivity contribution in [3.8, 4) is 0 Å². The molecule has 4 heteroatoms. The maximum atomic E-state index is 11.5. The second-order valence-electron chi connectivity index (χ2n) is 5.11. The molecule has 17 heavy (non-hydrogen) atoms. The van der Waals surface area contributed by atoms with E-state index in [4.69, 9.17) is 10.5 Å². The van der Waals surface area contributed by atoms with Crippen molar-refractivity contribution in [1.82, 2.24) is 0 Å². The fourth-order valence-corrected chi connectivity index (χ4v) is 3.20. The summed E-state index contributed by atoms with van der Waals surface area (Å²) in [6.07, 6.45) is 0.710. The summed E-state index contributed by atoms with van der Waals surface area (Å²) in [6.45, 7) is 0.394. The van der Waals surface area contributed by atoms with Crippen LogP contribution in [0.1, 0.15) is 24.5 Å². The first-order valence-electron chi connectivity index (χ1n) is 5.78. The lowest BCUT2D eigenvalue weighted by molar-refractivity contribution is -0.154. The quantitative estimate of drug-likeness (QED) is 0.825. The van der Waals surface area contributed by atoms with Gasteiger partial charge in [0.25, 0.3) is 0 Å². The van der Waals surface area contributed by atoms with Gasteiger partial charge in [-0.3, -0.25) is 4.79 Å². The highest BCUT2D eigenvalue weighted by Gasteiger charge is 2.71. The van der Waals surface area contributed by atoms with E-state index in [1.807, 2.05) is 30.3 Å². The number of fused-ring (bicyclic) bond motifs is 1. The fraction of sp³-hybridized carbons (Fsp3) is 0.462. The Balaban J connectivity index is 1.98. The Bertz CT molecular complexity index is 451. The zero-order chi connectivity index (χ0) is 12.1. The van der Waals surface area contributed by atoms with Gasteiger partial charge >= 0.3 is 5.97 Å². The van der Waals surface area contributed by atoms with Gasteiger partial charge in [0.15, 0.2) is 0 Å². The van der Waals surface area contributed by atoms with Crippen molar-refractivity contribution in [2.45, 2.75) is 24.5 Å². The van der Waals surface area contributed by atoms with Crippen LogP contribution in [-0.2, 0) is 9.53 Å². The van der Waals surface area contributed by atoms with Gasteiger partial charge in [0.1, 0.15) is 5.41 Å². The molecule has 1 aromatic carbocycles. The van der Waals surface area contributed by atoms with Crippen LogP contribution in [0.4, 0.5) is 0 Å². The van der Waals surface area contributed by atoms with Gasteiger partial charge in [0.2, 0.25) is 0 Å². The molecule has 4 rings (SSSR count). The van der Waals surface area contributed by atoms with Crippen molar-refractivity contribution in [3.63, 3.8) is 0 Å². The number of hydrogen-bond donors (Lipinski definition) is 2. The highest BCUT2D eigenvalue weighted by atomic mass is 16.5. The molecule has 90 valence electrons. The van der Waals surface area contributed by atoms with Crippen molar-refractivity contribution in [2.24, 2.45) is 11.1 Å². The zero-order valence-corrected chi connectivity index (χ0v) is 9.43. The minimum atomic E-state index is -0.770. The Morgan fingerprint density at radius 1 is 1.41 bits per heavy atom. The van der Waals surface area contributed by atoms with Crippen LogP contribution >= 0.6 is 0 Å². The van der Waals surface area contributed by atoms with Crippen molar-refractivity contribution in [3.05, 3.63) is 35.9 Å². The molecule has 1 unspecified atom stereocenters. The molecule has 2 heterocycles. The Kier molecular flexibility index (Phi) is 2.09. The van der Waals surface area contributed by atoms with Crippen LogP contribution in [0.15, 0.2) is 30.3 Å². The number of aliphatic carboxylic acids is 1. The van der Waals surface area contributed by atoms with Gasteiger partial charge in [0.05, 0.1) is 11.7 Å². The first-order chi connectivity index (χ1) is 8.12. The summed E-state index contributed by atoms with van der Waals surface area (Å²) in [4.78, 5) is 11.5. The number of carbonyl (C=O) groups is 1. The molecule has 1 aromatic rings. The SMILES string of the molecule is NCC12CC(C(=O)O)(C1)C(c1ccccc1)O2. The van der Waals surface area contributed by atoms with Gasteiger partial charge < -0.3 is 15.6 Å². The minimum Gasteiger partial charge on any atom is -0.481 e. The van der Waals surface area contributed by atoms with E-state index in [1.165, 1.54) is 0 Å². The lowest BCUT2D eigenvalue weighted by Crippen LogP contribution is -2.52. The smallest absolute Gasteiger partial charge is 0.312 e. The maximum Gasteiger partial charge on any atom is 0.312 e. The minimum absolute atomic E-state index is 0.357. The first kappa shape index (κ1) is 10.7.